The van der Waals surface area contributed by atoms with Crippen molar-refractivity contribution in [3.8, 4) is 5.75 Å². The number of amides is 2. The molecule has 0 fully saturated rings. The molecule has 8 nitrogen and oxygen atoms in total. The Labute approximate surface area is 142 Å². The van der Waals surface area contributed by atoms with Gasteiger partial charge in [0.15, 0.2) is 5.75 Å². The van der Waals surface area contributed by atoms with E-state index in [1.807, 2.05) is 0 Å². The number of rotatable bonds is 4. The standard InChI is InChI=1S/C16H11NO7S/c18-14(24-12-7-3-4-8-13(12)25(21,22)23)9-17-15(19)10-5-1-2-6-11(10)16(17)20/h1-8H,9H2,(H,21,22,23). The molecule has 0 unspecified atom stereocenters. The van der Waals surface area contributed by atoms with E-state index in [2.05, 4.69) is 0 Å². The molecule has 0 atom stereocenters. The summed E-state index contributed by atoms with van der Waals surface area (Å²) in [5.41, 5.74) is 0.359. The van der Waals surface area contributed by atoms with Crippen molar-refractivity contribution in [2.45, 2.75) is 4.90 Å². The molecule has 0 aliphatic carbocycles. The predicted molar refractivity (Wildman–Crippen MR) is 83.7 cm³/mol. The van der Waals surface area contributed by atoms with Gasteiger partial charge in [0.2, 0.25) is 0 Å². The summed E-state index contributed by atoms with van der Waals surface area (Å²) in [4.78, 5) is 36.5. The molecule has 1 aliphatic rings. The molecule has 0 saturated carbocycles. The number of nitrogens with zero attached hydrogens (tertiary/aromatic N) is 1. The number of carbonyl (C=O) groups excluding carboxylic acids is 3. The summed E-state index contributed by atoms with van der Waals surface area (Å²) in [6, 6.07) is 11.1. The molecule has 2 aromatic rings. The number of hydrogen-bond donors (Lipinski definition) is 1. The van der Waals surface area contributed by atoms with Crippen molar-refractivity contribution in [2.75, 3.05) is 6.54 Å². The molecule has 2 aromatic carbocycles. The van der Waals surface area contributed by atoms with Gasteiger partial charge in [-0.1, -0.05) is 24.3 Å². The molecule has 0 bridgehead atoms. The molecular formula is C16H11NO7S. The molecule has 9 heteroatoms. The highest BCUT2D eigenvalue weighted by Gasteiger charge is 2.36. The summed E-state index contributed by atoms with van der Waals surface area (Å²) in [6.07, 6.45) is 0. The van der Waals surface area contributed by atoms with E-state index in [-0.39, 0.29) is 11.1 Å². The zero-order valence-electron chi connectivity index (χ0n) is 12.6. The van der Waals surface area contributed by atoms with Crippen LogP contribution < -0.4 is 4.74 Å². The van der Waals surface area contributed by atoms with Crippen LogP contribution in [0.3, 0.4) is 0 Å². The quantitative estimate of drug-likeness (QED) is 0.375. The Balaban J connectivity index is 1.80. The molecule has 128 valence electrons. The molecule has 0 radical (unpaired) electrons. The molecule has 1 aliphatic heterocycles. The second-order valence-electron chi connectivity index (χ2n) is 5.14. The monoisotopic (exact) mass is 361 g/mol. The molecule has 1 heterocycles. The van der Waals surface area contributed by atoms with E-state index in [1.165, 1.54) is 30.3 Å². The Kier molecular flexibility index (Phi) is 4.11. The van der Waals surface area contributed by atoms with Crippen molar-refractivity contribution in [2.24, 2.45) is 0 Å². The highest BCUT2D eigenvalue weighted by Crippen LogP contribution is 2.25. The second kappa shape index (κ2) is 6.11. The number of ether oxygens (including phenoxy) is 1. The minimum absolute atomic E-state index is 0.179. The average Bonchev–Trinajstić information content (AvgIpc) is 2.80. The number of carbonyl (C=O) groups is 3. The van der Waals surface area contributed by atoms with Crippen molar-refractivity contribution < 1.29 is 32.1 Å². The number of para-hydroxylation sites is 1. The third-order valence-corrected chi connectivity index (χ3v) is 4.41. The number of benzene rings is 2. The first-order valence-electron chi connectivity index (χ1n) is 7.01. The van der Waals surface area contributed by atoms with Crippen LogP contribution in [0.5, 0.6) is 5.75 Å². The minimum Gasteiger partial charge on any atom is -0.424 e. The highest BCUT2D eigenvalue weighted by atomic mass is 32.2. The maximum Gasteiger partial charge on any atom is 0.331 e. The largest absolute Gasteiger partial charge is 0.424 e. The van der Waals surface area contributed by atoms with E-state index in [1.54, 1.807) is 12.1 Å². The first-order chi connectivity index (χ1) is 11.8. The van der Waals surface area contributed by atoms with E-state index in [4.69, 9.17) is 9.29 Å². The fourth-order valence-electron chi connectivity index (χ4n) is 2.41. The van der Waals surface area contributed by atoms with Gasteiger partial charge in [-0.2, -0.15) is 8.42 Å². The van der Waals surface area contributed by atoms with E-state index >= 15 is 0 Å². The van der Waals surface area contributed by atoms with E-state index in [9.17, 15) is 22.8 Å². The van der Waals surface area contributed by atoms with Gasteiger partial charge < -0.3 is 4.74 Å². The van der Waals surface area contributed by atoms with E-state index < -0.39 is 45.1 Å². The Morgan fingerprint density at radius 3 is 2.04 bits per heavy atom. The predicted octanol–water partition coefficient (Wildman–Crippen LogP) is 1.13. The topological polar surface area (TPSA) is 118 Å². The smallest absolute Gasteiger partial charge is 0.331 e. The van der Waals surface area contributed by atoms with Crippen molar-refractivity contribution in [1.82, 2.24) is 4.90 Å². The third-order valence-electron chi connectivity index (χ3n) is 3.52. The molecule has 0 spiro atoms. The molecule has 0 saturated heterocycles. The van der Waals surface area contributed by atoms with Gasteiger partial charge in [-0.15, -0.1) is 0 Å². The van der Waals surface area contributed by atoms with E-state index in [0.717, 1.165) is 6.07 Å². The first kappa shape index (κ1) is 16.8. The van der Waals surface area contributed by atoms with Crippen LogP contribution in [0, 0.1) is 0 Å². The minimum atomic E-state index is -4.60. The zero-order valence-corrected chi connectivity index (χ0v) is 13.4. The average molecular weight is 361 g/mol. The summed E-state index contributed by atoms with van der Waals surface area (Å²) in [5.74, 6) is -2.70. The molecule has 2 amide bonds. The van der Waals surface area contributed by atoms with Gasteiger partial charge >= 0.3 is 5.97 Å². The van der Waals surface area contributed by atoms with Gasteiger partial charge in [-0.25, -0.2) is 4.79 Å². The number of esters is 1. The fraction of sp³-hybridized carbons (Fsp3) is 0.0625. The summed E-state index contributed by atoms with van der Waals surface area (Å²) in [7, 11) is -4.60. The second-order valence-corrected chi connectivity index (χ2v) is 6.53. The number of fused-ring (bicyclic) bond motifs is 1. The van der Waals surface area contributed by atoms with Crippen LogP contribution in [-0.2, 0) is 14.9 Å². The molecule has 0 aromatic heterocycles. The first-order valence-corrected chi connectivity index (χ1v) is 8.45. The van der Waals surface area contributed by atoms with Gasteiger partial charge in [0.05, 0.1) is 11.1 Å². The lowest BCUT2D eigenvalue weighted by molar-refractivity contribution is -0.134. The van der Waals surface area contributed by atoms with Crippen LogP contribution in [0.15, 0.2) is 53.4 Å². The van der Waals surface area contributed by atoms with Gasteiger partial charge in [0.25, 0.3) is 21.9 Å². The summed E-state index contributed by atoms with van der Waals surface area (Å²) in [6.45, 7) is -0.688. The lowest BCUT2D eigenvalue weighted by atomic mass is 10.1. The number of imide groups is 1. The summed E-state index contributed by atoms with van der Waals surface area (Å²) in [5, 5.41) is 0. The summed E-state index contributed by atoms with van der Waals surface area (Å²) >= 11 is 0. The van der Waals surface area contributed by atoms with Crippen LogP contribution in [0.1, 0.15) is 20.7 Å². The summed E-state index contributed by atoms with van der Waals surface area (Å²) < 4.78 is 36.6. The van der Waals surface area contributed by atoms with Gasteiger partial charge in [0.1, 0.15) is 11.4 Å². The molecule has 3 rings (SSSR count). The van der Waals surface area contributed by atoms with Crippen LogP contribution >= 0.6 is 0 Å². The van der Waals surface area contributed by atoms with Gasteiger partial charge in [-0.3, -0.25) is 19.0 Å². The molecular weight excluding hydrogens is 350 g/mol. The SMILES string of the molecule is O=C(CN1C(=O)c2ccccc2C1=O)Oc1ccccc1S(=O)(=O)O. The Morgan fingerprint density at radius 2 is 1.48 bits per heavy atom. The maximum absolute atomic E-state index is 12.2. The maximum atomic E-state index is 12.2. The van der Waals surface area contributed by atoms with Crippen molar-refractivity contribution >= 4 is 27.9 Å². The van der Waals surface area contributed by atoms with Crippen LogP contribution in [0.25, 0.3) is 0 Å². The van der Waals surface area contributed by atoms with Crippen molar-refractivity contribution in [3.63, 3.8) is 0 Å². The van der Waals surface area contributed by atoms with Crippen LogP contribution in [0.2, 0.25) is 0 Å². The normalized spacial score (nSPS) is 13.7. The Morgan fingerprint density at radius 1 is 0.960 bits per heavy atom. The van der Waals surface area contributed by atoms with Gasteiger partial charge in [-0.05, 0) is 24.3 Å². The van der Waals surface area contributed by atoms with Crippen LogP contribution in [0.4, 0.5) is 0 Å². The fourth-order valence-corrected chi connectivity index (χ4v) is 3.03. The lowest BCUT2D eigenvalue weighted by Gasteiger charge is -2.13. The van der Waals surface area contributed by atoms with Crippen molar-refractivity contribution in [3.05, 3.63) is 59.7 Å². The Hall–Kier alpha value is -3.04. The highest BCUT2D eigenvalue weighted by molar-refractivity contribution is 7.86. The van der Waals surface area contributed by atoms with Gasteiger partial charge in [0, 0.05) is 0 Å². The number of hydrogen-bond acceptors (Lipinski definition) is 6. The molecule has 25 heavy (non-hydrogen) atoms. The zero-order chi connectivity index (χ0) is 18.2. The van der Waals surface area contributed by atoms with Crippen molar-refractivity contribution in [1.29, 1.82) is 0 Å². The third kappa shape index (κ3) is 3.14. The van der Waals surface area contributed by atoms with Crippen LogP contribution in [-0.4, -0.2) is 42.2 Å². The Bertz CT molecular complexity index is 962. The van der Waals surface area contributed by atoms with E-state index in [0.29, 0.717) is 4.90 Å². The lowest BCUT2D eigenvalue weighted by Crippen LogP contribution is -2.36. The molecule has 1 N–H and O–H groups in total.